The maximum absolute atomic E-state index is 12.9. The first kappa shape index (κ1) is 18.9. The van der Waals surface area contributed by atoms with Crippen LogP contribution in [-0.4, -0.2) is 26.6 Å². The van der Waals surface area contributed by atoms with Crippen LogP contribution >= 0.6 is 0 Å². The van der Waals surface area contributed by atoms with Crippen molar-refractivity contribution in [1.82, 2.24) is 20.1 Å². The minimum absolute atomic E-state index is 0.0170. The van der Waals surface area contributed by atoms with Crippen molar-refractivity contribution in [3.63, 3.8) is 0 Å². The summed E-state index contributed by atoms with van der Waals surface area (Å²) in [4.78, 5) is 29.1. The van der Waals surface area contributed by atoms with E-state index >= 15 is 0 Å². The van der Waals surface area contributed by atoms with E-state index in [1.807, 2.05) is 30.3 Å². The van der Waals surface area contributed by atoms with Crippen molar-refractivity contribution in [1.29, 1.82) is 0 Å². The molecule has 1 fully saturated rings. The lowest BCUT2D eigenvalue weighted by Gasteiger charge is -2.19. The zero-order chi connectivity index (χ0) is 20.2. The van der Waals surface area contributed by atoms with E-state index in [1.165, 1.54) is 6.33 Å². The molecule has 2 N–H and O–H groups in total. The molecule has 4 rings (SSSR count). The summed E-state index contributed by atoms with van der Waals surface area (Å²) in [6, 6.07) is 16.5. The van der Waals surface area contributed by atoms with Gasteiger partial charge in [0, 0.05) is 17.2 Å². The van der Waals surface area contributed by atoms with E-state index in [4.69, 9.17) is 0 Å². The van der Waals surface area contributed by atoms with Gasteiger partial charge in [-0.25, -0.2) is 4.98 Å². The van der Waals surface area contributed by atoms with Gasteiger partial charge in [0.05, 0.1) is 12.6 Å². The molecule has 0 bridgehead atoms. The number of hydrogen-bond donors (Lipinski definition) is 2. The van der Waals surface area contributed by atoms with Crippen molar-refractivity contribution in [2.45, 2.75) is 25.9 Å². The first-order valence-corrected chi connectivity index (χ1v) is 9.69. The zero-order valence-electron chi connectivity index (χ0n) is 16.2. The minimum atomic E-state index is -0.268. The molecule has 0 aliphatic heterocycles. The third-order valence-electron chi connectivity index (χ3n) is 5.18. The van der Waals surface area contributed by atoms with Crippen molar-refractivity contribution in [3.05, 3.63) is 78.4 Å². The molecule has 1 saturated carbocycles. The number of amides is 2. The highest BCUT2D eigenvalue weighted by Gasteiger charge is 2.39. The quantitative estimate of drug-likeness (QED) is 0.650. The Labute approximate surface area is 169 Å². The van der Waals surface area contributed by atoms with Crippen LogP contribution in [0.1, 0.15) is 35.3 Å². The number of hydrogen-bond acceptors (Lipinski definition) is 4. The van der Waals surface area contributed by atoms with E-state index in [1.54, 1.807) is 35.3 Å². The average Bonchev–Trinajstić information content (AvgIpc) is 3.25. The summed E-state index contributed by atoms with van der Waals surface area (Å²) in [6.07, 6.45) is 4.01. The third kappa shape index (κ3) is 4.68. The van der Waals surface area contributed by atoms with E-state index in [2.05, 4.69) is 27.6 Å². The number of aromatic nitrogens is 3. The lowest BCUT2D eigenvalue weighted by atomic mass is 10.1. The van der Waals surface area contributed by atoms with Gasteiger partial charge < -0.3 is 10.6 Å². The summed E-state index contributed by atoms with van der Waals surface area (Å²) in [7, 11) is 0. The lowest BCUT2D eigenvalue weighted by Crippen LogP contribution is -2.31. The van der Waals surface area contributed by atoms with E-state index in [9.17, 15) is 9.59 Å². The molecule has 0 radical (unpaired) electrons. The Kier molecular flexibility index (Phi) is 5.37. The monoisotopic (exact) mass is 389 g/mol. The molecule has 1 aliphatic rings. The molecule has 7 nitrogen and oxygen atoms in total. The van der Waals surface area contributed by atoms with Crippen LogP contribution in [0, 0.1) is 11.8 Å². The molecule has 2 amide bonds. The van der Waals surface area contributed by atoms with Gasteiger partial charge >= 0.3 is 0 Å². The Morgan fingerprint density at radius 1 is 1.17 bits per heavy atom. The summed E-state index contributed by atoms with van der Waals surface area (Å²) < 4.78 is 1.69. The normalized spacial score (nSPS) is 18.7. The second-order valence-electron chi connectivity index (χ2n) is 7.44. The Morgan fingerprint density at radius 2 is 1.97 bits per heavy atom. The van der Waals surface area contributed by atoms with E-state index in [0.29, 0.717) is 23.7 Å². The predicted octanol–water partition coefficient (Wildman–Crippen LogP) is 3.04. The van der Waals surface area contributed by atoms with Crippen molar-refractivity contribution < 1.29 is 9.59 Å². The number of rotatable bonds is 7. The van der Waals surface area contributed by atoms with Gasteiger partial charge in [-0.2, -0.15) is 5.10 Å². The van der Waals surface area contributed by atoms with Crippen LogP contribution in [0.5, 0.6) is 0 Å². The second-order valence-corrected chi connectivity index (χ2v) is 7.44. The first-order chi connectivity index (χ1) is 14.1. The topological polar surface area (TPSA) is 88.9 Å². The molecule has 7 heteroatoms. The summed E-state index contributed by atoms with van der Waals surface area (Å²) in [5.41, 5.74) is 2.10. The SMILES string of the molecule is CC1CC1C(=O)Nc1cccc(C(=O)NC(Cn2cncn2)c2ccccc2)c1. The van der Waals surface area contributed by atoms with Gasteiger partial charge in [0.25, 0.3) is 5.91 Å². The fourth-order valence-electron chi connectivity index (χ4n) is 3.34. The molecule has 3 aromatic rings. The standard InChI is InChI=1S/C22H23N5O2/c1-15-10-19(15)22(29)25-18-9-5-8-17(11-18)21(28)26-20(12-27-14-23-13-24-27)16-6-3-2-4-7-16/h2-9,11,13-15,19-20H,10,12H2,1H3,(H,25,29)(H,26,28). The summed E-state index contributed by atoms with van der Waals surface area (Å²) in [6.45, 7) is 2.53. The lowest BCUT2D eigenvalue weighted by molar-refractivity contribution is -0.117. The van der Waals surface area contributed by atoms with Crippen LogP contribution in [0.25, 0.3) is 0 Å². The zero-order valence-corrected chi connectivity index (χ0v) is 16.2. The van der Waals surface area contributed by atoms with Gasteiger partial charge in [0.2, 0.25) is 5.91 Å². The largest absolute Gasteiger partial charge is 0.343 e. The average molecular weight is 389 g/mol. The van der Waals surface area contributed by atoms with Gasteiger partial charge in [0.1, 0.15) is 12.7 Å². The van der Waals surface area contributed by atoms with Gasteiger partial charge in [0.15, 0.2) is 0 Å². The molecular formula is C22H23N5O2. The Balaban J connectivity index is 1.48. The highest BCUT2D eigenvalue weighted by Crippen LogP contribution is 2.38. The number of nitrogens with one attached hydrogen (secondary N) is 2. The van der Waals surface area contributed by atoms with Gasteiger partial charge in [-0.3, -0.25) is 14.3 Å². The second kappa shape index (κ2) is 8.26. The number of carbonyl (C=O) groups is 2. The van der Waals surface area contributed by atoms with E-state index < -0.39 is 0 Å². The van der Waals surface area contributed by atoms with Crippen LogP contribution in [0.4, 0.5) is 5.69 Å². The Hall–Kier alpha value is -3.48. The van der Waals surface area contributed by atoms with Gasteiger partial charge in [-0.05, 0) is 36.1 Å². The first-order valence-electron chi connectivity index (χ1n) is 9.69. The molecule has 1 aliphatic carbocycles. The molecule has 2 aromatic carbocycles. The smallest absolute Gasteiger partial charge is 0.251 e. The third-order valence-corrected chi connectivity index (χ3v) is 5.18. The summed E-state index contributed by atoms with van der Waals surface area (Å²) in [5, 5.41) is 10.1. The van der Waals surface area contributed by atoms with E-state index in [0.717, 1.165) is 12.0 Å². The molecule has 148 valence electrons. The van der Waals surface area contributed by atoms with Crippen LogP contribution in [-0.2, 0) is 11.3 Å². The molecule has 3 atom stereocenters. The molecule has 29 heavy (non-hydrogen) atoms. The van der Waals surface area contributed by atoms with Crippen LogP contribution in [0.3, 0.4) is 0 Å². The summed E-state index contributed by atoms with van der Waals surface area (Å²) in [5.74, 6) is 0.320. The number of carbonyl (C=O) groups excluding carboxylic acids is 2. The van der Waals surface area contributed by atoms with Crippen LogP contribution < -0.4 is 10.6 Å². The Morgan fingerprint density at radius 3 is 2.66 bits per heavy atom. The molecule has 1 aromatic heterocycles. The van der Waals surface area contributed by atoms with Crippen molar-refractivity contribution in [3.8, 4) is 0 Å². The van der Waals surface area contributed by atoms with Crippen molar-refractivity contribution in [2.75, 3.05) is 5.32 Å². The fraction of sp³-hybridized carbons (Fsp3) is 0.273. The Bertz CT molecular complexity index is 987. The van der Waals surface area contributed by atoms with Crippen LogP contribution in [0.15, 0.2) is 67.3 Å². The highest BCUT2D eigenvalue weighted by molar-refractivity contribution is 5.98. The van der Waals surface area contributed by atoms with Gasteiger partial charge in [-0.1, -0.05) is 43.3 Å². The van der Waals surface area contributed by atoms with Crippen LogP contribution in [0.2, 0.25) is 0 Å². The number of benzene rings is 2. The van der Waals surface area contributed by atoms with Crippen molar-refractivity contribution >= 4 is 17.5 Å². The summed E-state index contributed by atoms with van der Waals surface area (Å²) >= 11 is 0. The molecule has 0 saturated heterocycles. The highest BCUT2D eigenvalue weighted by atomic mass is 16.2. The van der Waals surface area contributed by atoms with E-state index in [-0.39, 0.29) is 23.8 Å². The molecular weight excluding hydrogens is 366 g/mol. The number of nitrogens with zero attached hydrogens (tertiary/aromatic N) is 3. The minimum Gasteiger partial charge on any atom is -0.343 e. The number of anilines is 1. The fourth-order valence-corrected chi connectivity index (χ4v) is 3.34. The maximum Gasteiger partial charge on any atom is 0.251 e. The van der Waals surface area contributed by atoms with Gasteiger partial charge in [-0.15, -0.1) is 0 Å². The molecule has 0 spiro atoms. The molecule has 3 unspecified atom stereocenters. The molecule has 1 heterocycles. The predicted molar refractivity (Wildman–Crippen MR) is 109 cm³/mol. The maximum atomic E-state index is 12.9. The van der Waals surface area contributed by atoms with Crippen molar-refractivity contribution in [2.24, 2.45) is 11.8 Å².